The van der Waals surface area contributed by atoms with Crippen LogP contribution in [-0.4, -0.2) is 0 Å². The molecule has 0 radical (unpaired) electrons. The van der Waals surface area contributed by atoms with Crippen molar-refractivity contribution < 1.29 is 0 Å². The van der Waals surface area contributed by atoms with Crippen molar-refractivity contribution in [1.29, 1.82) is 0 Å². The van der Waals surface area contributed by atoms with Crippen LogP contribution in [0.4, 0.5) is 0 Å². The quantitative estimate of drug-likeness (QED) is 0.335. The molecular weight excluding hydrogens is 504 g/mol. The first kappa shape index (κ1) is 26.0. The van der Waals surface area contributed by atoms with Crippen molar-refractivity contribution in [1.82, 2.24) is 0 Å². The van der Waals surface area contributed by atoms with E-state index in [1.54, 1.807) is 11.1 Å². The van der Waals surface area contributed by atoms with E-state index < -0.39 is 0 Å². The summed E-state index contributed by atoms with van der Waals surface area (Å²) in [4.78, 5) is 0. The normalized spacial score (nSPS) is 26.6. The van der Waals surface area contributed by atoms with Gasteiger partial charge in [0.05, 0.1) is 0 Å². The Bertz CT molecular complexity index is 1800. The van der Waals surface area contributed by atoms with Crippen LogP contribution in [0.5, 0.6) is 0 Å². The predicted molar refractivity (Wildman–Crippen MR) is 181 cm³/mol. The topological polar surface area (TPSA) is 0 Å². The summed E-state index contributed by atoms with van der Waals surface area (Å²) in [5.74, 6) is 1.69. The average molecular weight is 547 g/mol. The van der Waals surface area contributed by atoms with E-state index in [1.807, 2.05) is 0 Å². The summed E-state index contributed by atoms with van der Waals surface area (Å²) in [6.07, 6.45) is 45.2. The van der Waals surface area contributed by atoms with Crippen LogP contribution in [-0.2, 0) is 0 Å². The van der Waals surface area contributed by atoms with Crippen molar-refractivity contribution in [2.24, 2.45) is 17.8 Å². The van der Waals surface area contributed by atoms with E-state index in [2.05, 4.69) is 103 Å². The molecule has 8 rings (SSSR count). The number of hydrogen-bond donors (Lipinski definition) is 0. The maximum Gasteiger partial charge on any atom is 0.00613 e. The van der Waals surface area contributed by atoms with Crippen LogP contribution in [0.15, 0.2) is 108 Å². The zero-order chi connectivity index (χ0) is 27.9. The van der Waals surface area contributed by atoms with Crippen molar-refractivity contribution in [2.45, 2.75) is 70.6 Å². The molecule has 0 N–H and O–H groups in total. The minimum Gasteiger partial charge on any atom is -0.0879 e. The smallest absolute Gasteiger partial charge is 0.00613 e. The molecule has 0 heterocycles. The van der Waals surface area contributed by atoms with Gasteiger partial charge in [-0.25, -0.2) is 0 Å². The first-order valence-corrected chi connectivity index (χ1v) is 16.6. The number of hydrogen-bond acceptors (Lipinski definition) is 0. The molecule has 6 aliphatic rings. The maximum atomic E-state index is 2.62. The van der Waals surface area contributed by atoms with Gasteiger partial charge in [-0.05, 0) is 137 Å². The summed E-state index contributed by atoms with van der Waals surface area (Å²) < 4.78 is 0. The molecule has 6 aliphatic carbocycles. The second kappa shape index (κ2) is 11.2. The molecule has 0 bridgehead atoms. The van der Waals surface area contributed by atoms with Crippen LogP contribution in [0.25, 0.3) is 34.1 Å². The van der Waals surface area contributed by atoms with Gasteiger partial charge >= 0.3 is 0 Å². The van der Waals surface area contributed by atoms with Gasteiger partial charge in [0.15, 0.2) is 0 Å². The minimum atomic E-state index is 0.456. The summed E-state index contributed by atoms with van der Waals surface area (Å²) in [7, 11) is 0. The lowest BCUT2D eigenvalue weighted by molar-refractivity contribution is 0.572. The fraction of sp³-hybridized carbons (Fsp3) is 0.333. The number of benzene rings is 2. The molecule has 210 valence electrons. The Hall–Kier alpha value is -3.64. The molecular formula is C42H42. The molecule has 0 fully saturated rings. The van der Waals surface area contributed by atoms with Gasteiger partial charge in [-0.15, -0.1) is 0 Å². The summed E-state index contributed by atoms with van der Waals surface area (Å²) in [5.41, 5.74) is 10.7. The minimum absolute atomic E-state index is 0.456. The Morgan fingerprint density at radius 1 is 0.643 bits per heavy atom. The van der Waals surface area contributed by atoms with Gasteiger partial charge in [0.25, 0.3) is 0 Å². The van der Waals surface area contributed by atoms with Crippen molar-refractivity contribution in [2.75, 3.05) is 0 Å². The molecule has 0 amide bonds. The third-order valence-electron chi connectivity index (χ3n) is 10.5. The van der Waals surface area contributed by atoms with Crippen LogP contribution >= 0.6 is 0 Å². The first-order chi connectivity index (χ1) is 20.8. The van der Waals surface area contributed by atoms with Gasteiger partial charge in [0.2, 0.25) is 0 Å². The van der Waals surface area contributed by atoms with Crippen molar-refractivity contribution in [3.8, 4) is 0 Å². The van der Waals surface area contributed by atoms with E-state index in [9.17, 15) is 0 Å². The second-order valence-electron chi connectivity index (χ2n) is 13.1. The molecule has 0 saturated heterocycles. The number of rotatable bonds is 4. The predicted octanol–water partition coefficient (Wildman–Crippen LogP) is 9.84. The molecule has 2 aromatic rings. The van der Waals surface area contributed by atoms with E-state index >= 15 is 0 Å². The molecule has 0 saturated carbocycles. The van der Waals surface area contributed by atoms with Crippen molar-refractivity contribution >= 4 is 34.1 Å². The molecule has 0 spiro atoms. The monoisotopic (exact) mass is 546 g/mol. The van der Waals surface area contributed by atoms with Crippen LogP contribution in [0.1, 0.15) is 81.8 Å². The lowest BCUT2D eigenvalue weighted by Gasteiger charge is -2.30. The van der Waals surface area contributed by atoms with Gasteiger partial charge in [-0.1, -0.05) is 103 Å². The third-order valence-corrected chi connectivity index (χ3v) is 10.5. The van der Waals surface area contributed by atoms with Gasteiger partial charge < -0.3 is 0 Å². The summed E-state index contributed by atoms with van der Waals surface area (Å²) >= 11 is 0. The molecule has 42 heavy (non-hydrogen) atoms. The summed E-state index contributed by atoms with van der Waals surface area (Å²) in [6.45, 7) is 0. The van der Waals surface area contributed by atoms with E-state index in [0.717, 1.165) is 19.3 Å². The maximum absolute atomic E-state index is 2.62. The molecule has 0 aliphatic heterocycles. The Balaban J connectivity index is 1.34. The highest BCUT2D eigenvalue weighted by Gasteiger charge is 2.27. The fourth-order valence-corrected chi connectivity index (χ4v) is 8.45. The Morgan fingerprint density at radius 3 is 2.19 bits per heavy atom. The average Bonchev–Trinajstić information content (AvgIpc) is 3.07. The molecule has 3 unspecified atom stereocenters. The van der Waals surface area contributed by atoms with E-state index in [0.29, 0.717) is 17.8 Å². The second-order valence-corrected chi connectivity index (χ2v) is 13.1. The van der Waals surface area contributed by atoms with Gasteiger partial charge in [-0.3, -0.25) is 0 Å². The van der Waals surface area contributed by atoms with Crippen LogP contribution < -0.4 is 10.4 Å². The van der Waals surface area contributed by atoms with Gasteiger partial charge in [0, 0.05) is 11.8 Å². The molecule has 3 atom stereocenters. The summed E-state index contributed by atoms with van der Waals surface area (Å²) in [5, 5.41) is 5.87. The molecule has 0 nitrogen and oxygen atoms in total. The standard InChI is InChI=1S/C42H42/c1-3-13-29(14-4-1)34-26-35(30-15-5-2-6-16-30)28-36(27-34)42-39-21-11-9-19-37(39)41(38-20-10-12-22-40(38)42)33-24-23-31-17-7-8-18-32(31)25-33/h3,5,7-9,11,13-15,18-22,25-26,28,30-31,34H,1-2,4,6,10,12,16-17,23-24,27H2. The van der Waals surface area contributed by atoms with Gasteiger partial charge in [-0.2, -0.15) is 0 Å². The number of allylic oxidation sites excluding steroid dienone is 16. The van der Waals surface area contributed by atoms with E-state index in [1.165, 1.54) is 100 Å². The Morgan fingerprint density at radius 2 is 1.43 bits per heavy atom. The molecule has 0 aromatic heterocycles. The molecule has 2 aromatic carbocycles. The Kier molecular flexibility index (Phi) is 6.95. The fourth-order valence-electron chi connectivity index (χ4n) is 8.45. The Labute approximate surface area is 251 Å². The zero-order valence-corrected chi connectivity index (χ0v) is 24.8. The highest BCUT2D eigenvalue weighted by Crippen LogP contribution is 2.42. The van der Waals surface area contributed by atoms with Crippen molar-refractivity contribution in [3.05, 3.63) is 129 Å². The van der Waals surface area contributed by atoms with Gasteiger partial charge in [0.1, 0.15) is 0 Å². The largest absolute Gasteiger partial charge is 0.0879 e. The van der Waals surface area contributed by atoms with E-state index in [4.69, 9.17) is 0 Å². The first-order valence-electron chi connectivity index (χ1n) is 16.6. The number of fused-ring (bicyclic) bond motifs is 3. The van der Waals surface area contributed by atoms with Crippen LogP contribution in [0.3, 0.4) is 0 Å². The lowest BCUT2D eigenvalue weighted by Crippen LogP contribution is -2.35. The zero-order valence-electron chi connectivity index (χ0n) is 24.8. The SMILES string of the molecule is C1=CCC2CCC(c3c4c(c(C5=CC(C6C=CCCC6)=CC(C6=CCCC=C6)C5)c5ccccc35)=CCCC=4)=CC2=C1. The summed E-state index contributed by atoms with van der Waals surface area (Å²) in [6, 6.07) is 9.35. The van der Waals surface area contributed by atoms with Crippen molar-refractivity contribution in [3.63, 3.8) is 0 Å². The highest BCUT2D eigenvalue weighted by molar-refractivity contribution is 6.02. The molecule has 0 heteroatoms. The third kappa shape index (κ3) is 4.70. The van der Waals surface area contributed by atoms with E-state index in [-0.39, 0.29) is 0 Å². The highest BCUT2D eigenvalue weighted by atomic mass is 14.3. The van der Waals surface area contributed by atoms with Crippen LogP contribution in [0, 0.1) is 17.8 Å². The van der Waals surface area contributed by atoms with Crippen LogP contribution in [0.2, 0.25) is 0 Å². The lowest BCUT2D eigenvalue weighted by atomic mass is 9.74.